The molecule has 16 heavy (non-hydrogen) atoms. The molecule has 0 bridgehead atoms. The van der Waals surface area contributed by atoms with Crippen LogP contribution < -0.4 is 0 Å². The molecular formula is C14H20O2. The highest BCUT2D eigenvalue weighted by Crippen LogP contribution is 2.62. The summed E-state index contributed by atoms with van der Waals surface area (Å²) in [5, 5.41) is 20.7. The summed E-state index contributed by atoms with van der Waals surface area (Å²) in [4.78, 5) is 0. The number of fused-ring (bicyclic) bond motifs is 1. The Morgan fingerprint density at radius 1 is 1.00 bits per heavy atom. The van der Waals surface area contributed by atoms with Crippen molar-refractivity contribution in [3.8, 4) is 5.75 Å². The summed E-state index contributed by atoms with van der Waals surface area (Å²) in [5.74, 6) is 0.286. The van der Waals surface area contributed by atoms with Crippen molar-refractivity contribution in [3.63, 3.8) is 0 Å². The van der Waals surface area contributed by atoms with Crippen molar-refractivity contribution in [2.45, 2.75) is 45.6 Å². The van der Waals surface area contributed by atoms with E-state index in [0.717, 1.165) is 11.1 Å². The predicted molar refractivity (Wildman–Crippen MR) is 64.5 cm³/mol. The molecule has 0 saturated carbocycles. The number of phenolic OH excluding ortho intramolecular Hbond substituents is 1. The lowest BCUT2D eigenvalue weighted by Gasteiger charge is -2.43. The second-order valence-corrected chi connectivity index (χ2v) is 6.02. The summed E-state index contributed by atoms with van der Waals surface area (Å²) >= 11 is 0. The number of aromatic hydroxyl groups is 1. The Kier molecular flexibility index (Phi) is 2.01. The number of rotatable bonds is 0. The minimum atomic E-state index is -0.912. The molecule has 1 atom stereocenters. The third-order valence-corrected chi connectivity index (χ3v) is 4.97. The molecule has 1 aliphatic rings. The lowest BCUT2D eigenvalue weighted by Crippen LogP contribution is -2.44. The van der Waals surface area contributed by atoms with E-state index in [4.69, 9.17) is 0 Å². The average molecular weight is 220 g/mol. The van der Waals surface area contributed by atoms with Crippen molar-refractivity contribution >= 4 is 0 Å². The van der Waals surface area contributed by atoms with Crippen molar-refractivity contribution < 1.29 is 10.2 Å². The molecule has 0 amide bonds. The van der Waals surface area contributed by atoms with E-state index in [1.54, 1.807) is 12.1 Å². The van der Waals surface area contributed by atoms with Gasteiger partial charge in [-0.15, -0.1) is 0 Å². The fraction of sp³-hybridized carbons (Fsp3) is 0.571. The molecule has 1 aromatic carbocycles. The quantitative estimate of drug-likeness (QED) is 0.705. The third kappa shape index (κ3) is 1.01. The van der Waals surface area contributed by atoms with Gasteiger partial charge in [-0.1, -0.05) is 39.8 Å². The molecule has 1 aliphatic carbocycles. The van der Waals surface area contributed by atoms with E-state index in [0.29, 0.717) is 0 Å². The standard InChI is InChI=1S/C14H20O2/c1-12(2)11-9(7-6-8-10(11)15)14(5,16)13(12,3)4/h6-8,15-16H,1-5H3. The summed E-state index contributed by atoms with van der Waals surface area (Å²) in [7, 11) is 0. The highest BCUT2D eigenvalue weighted by atomic mass is 16.3. The van der Waals surface area contributed by atoms with Gasteiger partial charge in [0.25, 0.3) is 0 Å². The second kappa shape index (κ2) is 2.80. The molecule has 2 heteroatoms. The molecule has 0 heterocycles. The first-order valence-electron chi connectivity index (χ1n) is 5.69. The number of phenols is 1. The van der Waals surface area contributed by atoms with Gasteiger partial charge in [0.2, 0.25) is 0 Å². The SMILES string of the molecule is CC1(C)c2c(O)cccc2C(C)(O)C1(C)C. The predicted octanol–water partition coefficient (Wildman–Crippen LogP) is 2.92. The maximum absolute atomic E-state index is 10.7. The molecule has 2 rings (SSSR count). The van der Waals surface area contributed by atoms with Crippen LogP contribution in [0.4, 0.5) is 0 Å². The first-order valence-corrected chi connectivity index (χ1v) is 5.69. The molecule has 1 aromatic rings. The Morgan fingerprint density at radius 2 is 1.56 bits per heavy atom. The van der Waals surface area contributed by atoms with Crippen LogP contribution in [0.3, 0.4) is 0 Å². The van der Waals surface area contributed by atoms with Crippen LogP contribution in [0.2, 0.25) is 0 Å². The summed E-state index contributed by atoms with van der Waals surface area (Å²) in [5.41, 5.74) is 0.246. The Labute approximate surface area is 96.9 Å². The lowest BCUT2D eigenvalue weighted by atomic mass is 9.63. The number of hydrogen-bond acceptors (Lipinski definition) is 2. The zero-order valence-corrected chi connectivity index (χ0v) is 10.6. The highest BCUT2D eigenvalue weighted by molar-refractivity contribution is 5.53. The Balaban J connectivity index is 2.84. The van der Waals surface area contributed by atoms with E-state index in [2.05, 4.69) is 13.8 Å². The minimum Gasteiger partial charge on any atom is -0.508 e. The highest BCUT2D eigenvalue weighted by Gasteiger charge is 2.59. The fourth-order valence-corrected chi connectivity index (χ4v) is 2.86. The summed E-state index contributed by atoms with van der Waals surface area (Å²) in [6.07, 6.45) is 0. The van der Waals surface area contributed by atoms with Crippen molar-refractivity contribution in [1.29, 1.82) is 0 Å². The number of aliphatic hydroxyl groups is 1. The largest absolute Gasteiger partial charge is 0.508 e. The smallest absolute Gasteiger partial charge is 0.119 e. The van der Waals surface area contributed by atoms with Gasteiger partial charge in [0, 0.05) is 16.4 Å². The van der Waals surface area contributed by atoms with Crippen LogP contribution in [0.5, 0.6) is 5.75 Å². The van der Waals surface area contributed by atoms with Crippen LogP contribution in [0, 0.1) is 5.41 Å². The van der Waals surface area contributed by atoms with Crippen molar-refractivity contribution in [2.75, 3.05) is 0 Å². The van der Waals surface area contributed by atoms with E-state index in [1.165, 1.54) is 0 Å². The molecular weight excluding hydrogens is 200 g/mol. The molecule has 2 N–H and O–H groups in total. The molecule has 0 radical (unpaired) electrons. The van der Waals surface area contributed by atoms with Gasteiger partial charge in [-0.2, -0.15) is 0 Å². The fourth-order valence-electron chi connectivity index (χ4n) is 2.86. The number of hydrogen-bond donors (Lipinski definition) is 2. The zero-order chi connectivity index (χ0) is 12.4. The van der Waals surface area contributed by atoms with Gasteiger partial charge in [-0.25, -0.2) is 0 Å². The first kappa shape index (κ1) is 11.5. The normalized spacial score (nSPS) is 30.1. The van der Waals surface area contributed by atoms with Gasteiger partial charge >= 0.3 is 0 Å². The van der Waals surface area contributed by atoms with Gasteiger partial charge in [0.05, 0.1) is 5.60 Å². The second-order valence-electron chi connectivity index (χ2n) is 6.02. The van der Waals surface area contributed by atoms with Gasteiger partial charge < -0.3 is 10.2 Å². The van der Waals surface area contributed by atoms with Crippen LogP contribution in [-0.4, -0.2) is 10.2 Å². The molecule has 0 saturated heterocycles. The van der Waals surface area contributed by atoms with E-state index in [-0.39, 0.29) is 16.6 Å². The molecule has 0 aliphatic heterocycles. The number of benzene rings is 1. The summed E-state index contributed by atoms with van der Waals surface area (Å²) in [6, 6.07) is 5.39. The molecule has 0 fully saturated rings. The maximum atomic E-state index is 10.7. The van der Waals surface area contributed by atoms with Crippen molar-refractivity contribution in [3.05, 3.63) is 29.3 Å². The van der Waals surface area contributed by atoms with E-state index >= 15 is 0 Å². The maximum Gasteiger partial charge on any atom is 0.119 e. The van der Waals surface area contributed by atoms with Gasteiger partial charge in [0.15, 0.2) is 0 Å². The lowest BCUT2D eigenvalue weighted by molar-refractivity contribution is -0.0729. The topological polar surface area (TPSA) is 40.5 Å². The van der Waals surface area contributed by atoms with E-state index < -0.39 is 5.60 Å². The summed E-state index contributed by atoms with van der Waals surface area (Å²) < 4.78 is 0. The average Bonchev–Trinajstić information content (AvgIpc) is 2.25. The molecule has 0 aromatic heterocycles. The van der Waals surface area contributed by atoms with E-state index in [9.17, 15) is 10.2 Å². The van der Waals surface area contributed by atoms with Crippen LogP contribution in [0.25, 0.3) is 0 Å². The molecule has 88 valence electrons. The van der Waals surface area contributed by atoms with Crippen LogP contribution in [0.15, 0.2) is 18.2 Å². The third-order valence-electron chi connectivity index (χ3n) is 4.97. The van der Waals surface area contributed by atoms with Crippen LogP contribution in [0.1, 0.15) is 45.7 Å². The first-order chi connectivity index (χ1) is 7.14. The summed E-state index contributed by atoms with van der Waals surface area (Å²) in [6.45, 7) is 10.1. The molecule has 0 spiro atoms. The van der Waals surface area contributed by atoms with E-state index in [1.807, 2.05) is 26.8 Å². The minimum absolute atomic E-state index is 0.253. The Morgan fingerprint density at radius 3 is 2.06 bits per heavy atom. The molecule has 1 unspecified atom stereocenters. The van der Waals surface area contributed by atoms with Crippen molar-refractivity contribution in [1.82, 2.24) is 0 Å². The Hall–Kier alpha value is -1.02. The van der Waals surface area contributed by atoms with Crippen LogP contribution >= 0.6 is 0 Å². The molecule has 2 nitrogen and oxygen atoms in total. The van der Waals surface area contributed by atoms with Crippen molar-refractivity contribution in [2.24, 2.45) is 5.41 Å². The van der Waals surface area contributed by atoms with Gasteiger partial charge in [-0.05, 0) is 18.6 Å². The zero-order valence-electron chi connectivity index (χ0n) is 10.6. The van der Waals surface area contributed by atoms with Crippen LogP contribution in [-0.2, 0) is 11.0 Å². The Bertz CT molecular complexity index is 442. The monoisotopic (exact) mass is 220 g/mol. The van der Waals surface area contributed by atoms with Gasteiger partial charge in [-0.3, -0.25) is 0 Å². The van der Waals surface area contributed by atoms with Gasteiger partial charge in [0.1, 0.15) is 5.75 Å².